The molecule has 1 fully saturated rings. The molecule has 1 saturated heterocycles. The largest absolute Gasteiger partial charge is 0.324 e. The van der Waals surface area contributed by atoms with Crippen molar-refractivity contribution in [2.75, 3.05) is 12.8 Å². The lowest BCUT2D eigenvalue weighted by Crippen LogP contribution is -2.42. The Morgan fingerprint density at radius 2 is 1.95 bits per heavy atom. The van der Waals surface area contributed by atoms with Crippen LogP contribution in [0.1, 0.15) is 32.4 Å². The molecule has 2 rings (SSSR count). The molecule has 1 amide bonds. The molecule has 1 aromatic rings. The number of amides is 1. The van der Waals surface area contributed by atoms with Gasteiger partial charge in [0.05, 0.1) is 6.17 Å². The molecule has 2 unspecified atom stereocenters. The first-order valence-electron chi connectivity index (χ1n) is 6.61. The summed E-state index contributed by atoms with van der Waals surface area (Å²) < 4.78 is 0.0805. The van der Waals surface area contributed by atoms with Crippen LogP contribution in [0.4, 0.5) is 0 Å². The van der Waals surface area contributed by atoms with Crippen molar-refractivity contribution in [1.29, 1.82) is 0 Å². The summed E-state index contributed by atoms with van der Waals surface area (Å²) in [5.41, 5.74) is 1.05. The van der Waals surface area contributed by atoms with E-state index in [9.17, 15) is 4.79 Å². The van der Waals surface area contributed by atoms with Gasteiger partial charge in [0, 0.05) is 11.3 Å². The Morgan fingerprint density at radius 3 is 2.53 bits per heavy atom. The number of hydrogen-bond donors (Lipinski definition) is 1. The zero-order valence-corrected chi connectivity index (χ0v) is 12.8. The average Bonchev–Trinajstić information content (AvgIpc) is 2.67. The van der Waals surface area contributed by atoms with Crippen molar-refractivity contribution in [3.05, 3.63) is 35.9 Å². The Bertz CT molecular complexity index is 447. The van der Waals surface area contributed by atoms with Crippen LogP contribution in [0.15, 0.2) is 30.3 Å². The Balaban J connectivity index is 2.15. The van der Waals surface area contributed by atoms with E-state index in [0.717, 1.165) is 12.1 Å². The molecule has 0 aromatic heterocycles. The van der Waals surface area contributed by atoms with Crippen molar-refractivity contribution in [1.82, 2.24) is 10.2 Å². The van der Waals surface area contributed by atoms with Gasteiger partial charge in [0.2, 0.25) is 5.91 Å². The number of carbonyl (C=O) groups is 1. The summed E-state index contributed by atoms with van der Waals surface area (Å²) in [6.07, 6.45) is 2.18. The molecular weight excluding hydrogens is 256 g/mol. The minimum atomic E-state index is -0.200. The van der Waals surface area contributed by atoms with Crippen molar-refractivity contribution >= 4 is 17.7 Å². The normalized spacial score (nSPS) is 24.0. The fraction of sp³-hybridized carbons (Fsp3) is 0.533. The molecular formula is C15H22N2OS. The molecule has 0 saturated carbocycles. The van der Waals surface area contributed by atoms with Crippen molar-refractivity contribution in [2.24, 2.45) is 0 Å². The number of benzene rings is 1. The number of nitrogens with zero attached hydrogens (tertiary/aromatic N) is 1. The number of rotatable bonds is 4. The van der Waals surface area contributed by atoms with Gasteiger partial charge in [-0.25, -0.2) is 0 Å². The topological polar surface area (TPSA) is 32.3 Å². The molecule has 19 heavy (non-hydrogen) atoms. The van der Waals surface area contributed by atoms with E-state index in [1.165, 1.54) is 0 Å². The zero-order valence-electron chi connectivity index (χ0n) is 12.0. The van der Waals surface area contributed by atoms with Gasteiger partial charge < -0.3 is 4.90 Å². The molecule has 3 nitrogen and oxygen atoms in total. The van der Waals surface area contributed by atoms with E-state index >= 15 is 0 Å². The van der Waals surface area contributed by atoms with Gasteiger partial charge in [-0.05, 0) is 32.6 Å². The first kappa shape index (κ1) is 14.4. The second-order valence-electron chi connectivity index (χ2n) is 5.62. The fourth-order valence-corrected chi connectivity index (χ4v) is 2.60. The highest BCUT2D eigenvalue weighted by molar-refractivity contribution is 7.99. The lowest BCUT2D eigenvalue weighted by molar-refractivity contribution is -0.130. The third-order valence-electron chi connectivity index (χ3n) is 3.64. The fourth-order valence-electron chi connectivity index (χ4n) is 2.33. The molecule has 104 valence electrons. The van der Waals surface area contributed by atoms with Gasteiger partial charge in [0.15, 0.2) is 0 Å². The molecule has 4 heteroatoms. The predicted octanol–water partition coefficient (Wildman–Crippen LogP) is 2.65. The van der Waals surface area contributed by atoms with Gasteiger partial charge in [-0.1, -0.05) is 30.3 Å². The molecule has 0 radical (unpaired) electrons. The average molecular weight is 278 g/mol. The summed E-state index contributed by atoms with van der Waals surface area (Å²) in [5.74, 6) is 0.181. The minimum absolute atomic E-state index is 0.0805. The molecule has 0 spiro atoms. The van der Waals surface area contributed by atoms with E-state index < -0.39 is 0 Å². The van der Waals surface area contributed by atoms with Gasteiger partial charge in [-0.2, -0.15) is 11.8 Å². The minimum Gasteiger partial charge on any atom is -0.324 e. The van der Waals surface area contributed by atoms with Gasteiger partial charge in [-0.15, -0.1) is 0 Å². The first-order valence-corrected chi connectivity index (χ1v) is 7.84. The lowest BCUT2D eigenvalue weighted by atomic mass is 10.1. The lowest BCUT2D eigenvalue weighted by Gasteiger charge is -2.30. The van der Waals surface area contributed by atoms with Crippen molar-refractivity contribution in [2.45, 2.75) is 37.7 Å². The van der Waals surface area contributed by atoms with E-state index in [0.29, 0.717) is 0 Å². The number of nitrogens with one attached hydrogen (secondary N) is 1. The second kappa shape index (κ2) is 5.55. The summed E-state index contributed by atoms with van der Waals surface area (Å²) >= 11 is 1.79. The van der Waals surface area contributed by atoms with Crippen LogP contribution in [0.2, 0.25) is 0 Å². The Morgan fingerprint density at radius 1 is 1.32 bits per heavy atom. The zero-order chi connectivity index (χ0) is 14.0. The van der Waals surface area contributed by atoms with Crippen LogP contribution < -0.4 is 5.32 Å². The molecule has 1 heterocycles. The standard InChI is InChI=1S/C15H22N2OS/c1-11-16-13(12-8-6-5-7-9-12)14(18)17(11)10-15(2,3)19-4/h5-9,11,13,16H,10H2,1-4H3. The maximum Gasteiger partial charge on any atom is 0.245 e. The molecule has 1 N–H and O–H groups in total. The van der Waals surface area contributed by atoms with E-state index in [2.05, 4.69) is 32.3 Å². The van der Waals surface area contributed by atoms with Gasteiger partial charge in [0.25, 0.3) is 0 Å². The summed E-state index contributed by atoms with van der Waals surface area (Å²) in [7, 11) is 0. The van der Waals surface area contributed by atoms with Crippen LogP contribution in [-0.2, 0) is 4.79 Å². The maximum absolute atomic E-state index is 12.6. The smallest absolute Gasteiger partial charge is 0.245 e. The third-order valence-corrected chi connectivity index (χ3v) is 4.88. The van der Waals surface area contributed by atoms with Crippen LogP contribution >= 0.6 is 11.8 Å². The molecule has 1 aliphatic heterocycles. The maximum atomic E-state index is 12.6. The highest BCUT2D eigenvalue weighted by Crippen LogP contribution is 2.29. The van der Waals surface area contributed by atoms with Crippen LogP contribution in [-0.4, -0.2) is 34.5 Å². The highest BCUT2D eigenvalue weighted by atomic mass is 32.2. The van der Waals surface area contributed by atoms with Crippen molar-refractivity contribution in [3.8, 4) is 0 Å². The monoisotopic (exact) mass is 278 g/mol. The first-order chi connectivity index (χ1) is 8.94. The number of hydrogen-bond acceptors (Lipinski definition) is 3. The van der Waals surface area contributed by atoms with E-state index in [4.69, 9.17) is 0 Å². The van der Waals surface area contributed by atoms with Crippen molar-refractivity contribution < 1.29 is 4.79 Å². The van der Waals surface area contributed by atoms with Gasteiger partial charge in [-0.3, -0.25) is 10.1 Å². The molecule has 1 aromatic carbocycles. The highest BCUT2D eigenvalue weighted by Gasteiger charge is 2.39. The van der Waals surface area contributed by atoms with Crippen LogP contribution in [0, 0.1) is 0 Å². The Kier molecular flexibility index (Phi) is 4.21. The SMILES string of the molecule is CSC(C)(C)CN1C(=O)C(c2ccccc2)NC1C. The Hall–Kier alpha value is -1.00. The van der Waals surface area contributed by atoms with Crippen molar-refractivity contribution in [3.63, 3.8) is 0 Å². The second-order valence-corrected chi connectivity index (χ2v) is 7.13. The molecule has 1 aliphatic rings. The van der Waals surface area contributed by atoms with E-state index in [1.54, 1.807) is 11.8 Å². The van der Waals surface area contributed by atoms with E-state index in [1.807, 2.05) is 35.2 Å². The van der Waals surface area contributed by atoms with Gasteiger partial charge in [0.1, 0.15) is 6.04 Å². The predicted molar refractivity (Wildman–Crippen MR) is 81.1 cm³/mol. The molecule has 0 aliphatic carbocycles. The van der Waals surface area contributed by atoms with Crippen LogP contribution in [0.25, 0.3) is 0 Å². The molecule has 2 atom stereocenters. The summed E-state index contributed by atoms with van der Waals surface area (Å²) in [6, 6.07) is 9.74. The summed E-state index contributed by atoms with van der Waals surface area (Å²) in [6.45, 7) is 7.17. The number of thioether (sulfide) groups is 1. The van der Waals surface area contributed by atoms with Crippen LogP contribution in [0.3, 0.4) is 0 Å². The Labute approximate surface area is 119 Å². The third kappa shape index (κ3) is 3.12. The summed E-state index contributed by atoms with van der Waals surface area (Å²) in [4.78, 5) is 14.5. The summed E-state index contributed by atoms with van der Waals surface area (Å²) in [5, 5.41) is 3.38. The van der Waals surface area contributed by atoms with Gasteiger partial charge >= 0.3 is 0 Å². The van der Waals surface area contributed by atoms with E-state index in [-0.39, 0.29) is 22.9 Å². The molecule has 0 bridgehead atoms. The van der Waals surface area contributed by atoms with Crippen LogP contribution in [0.5, 0.6) is 0 Å². The number of carbonyl (C=O) groups excluding carboxylic acids is 1. The quantitative estimate of drug-likeness (QED) is 0.919.